The van der Waals surface area contributed by atoms with Crippen LogP contribution in [0.4, 0.5) is 5.95 Å². The second-order valence-electron chi connectivity index (χ2n) is 5.73. The van der Waals surface area contributed by atoms with Crippen molar-refractivity contribution in [1.29, 1.82) is 0 Å². The van der Waals surface area contributed by atoms with Crippen LogP contribution in [0.15, 0.2) is 48.9 Å². The quantitative estimate of drug-likeness (QED) is 0.710. The van der Waals surface area contributed by atoms with Gasteiger partial charge in [0.15, 0.2) is 0 Å². The first-order valence-corrected chi connectivity index (χ1v) is 8.00. The van der Waals surface area contributed by atoms with Gasteiger partial charge in [-0.1, -0.05) is 12.1 Å². The highest BCUT2D eigenvalue weighted by Crippen LogP contribution is 2.27. The molecule has 0 aliphatic rings. The van der Waals surface area contributed by atoms with E-state index in [1.807, 2.05) is 24.3 Å². The highest BCUT2D eigenvalue weighted by atomic mass is 16.5. The van der Waals surface area contributed by atoms with Crippen molar-refractivity contribution in [3.63, 3.8) is 0 Å². The zero-order valence-electron chi connectivity index (χ0n) is 14.6. The van der Waals surface area contributed by atoms with E-state index >= 15 is 0 Å². The Hall–Kier alpha value is -3.48. The Morgan fingerprint density at radius 1 is 1.23 bits per heavy atom. The molecule has 132 valence electrons. The Labute approximate surface area is 151 Å². The number of nitrogens with two attached hydrogens (primary N) is 1. The summed E-state index contributed by atoms with van der Waals surface area (Å²) in [4.78, 5) is 26.2. The number of fused-ring (bicyclic) bond motifs is 1. The third-order valence-electron chi connectivity index (χ3n) is 3.94. The van der Waals surface area contributed by atoms with Crippen LogP contribution < -0.4 is 10.5 Å². The monoisotopic (exact) mass is 349 g/mol. The average Bonchev–Trinajstić information content (AvgIpc) is 2.67. The summed E-state index contributed by atoms with van der Waals surface area (Å²) in [5.41, 5.74) is 7.93. The number of hydrogen-bond donors (Lipinski definition) is 1. The Bertz CT molecular complexity index is 954. The normalized spacial score (nSPS) is 11.0. The fourth-order valence-corrected chi connectivity index (χ4v) is 2.57. The maximum absolute atomic E-state index is 12.4. The number of ether oxygens (including phenoxy) is 1. The van der Waals surface area contributed by atoms with Crippen LogP contribution in [0.1, 0.15) is 11.1 Å². The maximum Gasteiger partial charge on any atom is 0.246 e. The van der Waals surface area contributed by atoms with Crippen molar-refractivity contribution >= 4 is 28.8 Å². The predicted molar refractivity (Wildman–Crippen MR) is 100 cm³/mol. The minimum absolute atomic E-state index is 0.130. The van der Waals surface area contributed by atoms with Gasteiger partial charge in [0.05, 0.1) is 7.11 Å². The number of benzene rings is 1. The second kappa shape index (κ2) is 7.60. The molecule has 0 saturated heterocycles. The Morgan fingerprint density at radius 3 is 2.73 bits per heavy atom. The smallest absolute Gasteiger partial charge is 0.246 e. The van der Waals surface area contributed by atoms with Gasteiger partial charge in [-0.25, -0.2) is 9.97 Å². The molecule has 7 nitrogen and oxygen atoms in total. The van der Waals surface area contributed by atoms with Gasteiger partial charge >= 0.3 is 0 Å². The molecule has 2 aromatic heterocycles. The maximum atomic E-state index is 12.4. The fraction of sp³-hybridized carbons (Fsp3) is 0.158. The van der Waals surface area contributed by atoms with Gasteiger partial charge < -0.3 is 15.4 Å². The molecular formula is C19H19N5O2. The number of likely N-dealkylation sites (N-methyl/N-ethyl adjacent to an activating group) is 1. The molecule has 0 radical (unpaired) electrons. The SMILES string of the molecule is COc1ccc(CN(C)C(=O)/C=C/c2cnc(N)nc2)c2cccnc12. The Morgan fingerprint density at radius 2 is 2.00 bits per heavy atom. The summed E-state index contributed by atoms with van der Waals surface area (Å²) in [6.07, 6.45) is 8.00. The lowest BCUT2D eigenvalue weighted by Crippen LogP contribution is -2.24. The van der Waals surface area contributed by atoms with E-state index in [-0.39, 0.29) is 11.9 Å². The van der Waals surface area contributed by atoms with Gasteiger partial charge in [0.1, 0.15) is 11.3 Å². The first-order chi connectivity index (χ1) is 12.6. The molecule has 7 heteroatoms. The highest BCUT2D eigenvalue weighted by molar-refractivity contribution is 5.92. The molecule has 1 amide bonds. The number of nitrogens with zero attached hydrogens (tertiary/aromatic N) is 4. The number of amides is 1. The summed E-state index contributed by atoms with van der Waals surface area (Å²) in [5.74, 6) is 0.779. The number of carbonyl (C=O) groups is 1. The summed E-state index contributed by atoms with van der Waals surface area (Å²) in [7, 11) is 3.36. The molecule has 0 spiro atoms. The number of rotatable bonds is 5. The number of aromatic nitrogens is 3. The van der Waals surface area contributed by atoms with E-state index in [1.54, 1.807) is 43.7 Å². The summed E-state index contributed by atoms with van der Waals surface area (Å²) in [6, 6.07) is 7.66. The van der Waals surface area contributed by atoms with Crippen molar-refractivity contribution in [2.45, 2.75) is 6.54 Å². The zero-order chi connectivity index (χ0) is 18.5. The number of carbonyl (C=O) groups excluding carboxylic acids is 1. The fourth-order valence-electron chi connectivity index (χ4n) is 2.57. The third-order valence-corrected chi connectivity index (χ3v) is 3.94. The van der Waals surface area contributed by atoms with Gasteiger partial charge in [0.25, 0.3) is 0 Å². The van der Waals surface area contributed by atoms with Gasteiger partial charge in [-0.3, -0.25) is 9.78 Å². The number of anilines is 1. The van der Waals surface area contributed by atoms with Crippen LogP contribution in [0.5, 0.6) is 5.75 Å². The summed E-state index contributed by atoms with van der Waals surface area (Å²) >= 11 is 0. The molecule has 0 aliphatic carbocycles. The number of pyridine rings is 1. The summed E-state index contributed by atoms with van der Waals surface area (Å²) in [6.45, 7) is 0.452. The standard InChI is InChI=1S/C19H19N5O2/c1-24(17(25)8-5-13-10-22-19(20)23-11-13)12-14-6-7-16(26-2)18-15(14)4-3-9-21-18/h3-11H,12H2,1-2H3,(H2,20,22,23)/b8-5+. The van der Waals surface area contributed by atoms with Gasteiger partial charge in [-0.2, -0.15) is 0 Å². The lowest BCUT2D eigenvalue weighted by atomic mass is 10.1. The van der Waals surface area contributed by atoms with Gasteiger partial charge in [-0.05, 0) is 23.8 Å². The zero-order valence-corrected chi connectivity index (χ0v) is 14.6. The van der Waals surface area contributed by atoms with Gasteiger partial charge in [-0.15, -0.1) is 0 Å². The molecule has 3 rings (SSSR count). The third kappa shape index (κ3) is 3.77. The van der Waals surface area contributed by atoms with E-state index in [2.05, 4.69) is 15.0 Å². The van der Waals surface area contributed by atoms with Gasteiger partial charge in [0, 0.05) is 49.2 Å². The number of nitrogen functional groups attached to an aromatic ring is 1. The van der Waals surface area contributed by atoms with Crippen molar-refractivity contribution < 1.29 is 9.53 Å². The van der Waals surface area contributed by atoms with Crippen molar-refractivity contribution in [2.75, 3.05) is 19.9 Å². The van der Waals surface area contributed by atoms with Crippen LogP contribution in [0.3, 0.4) is 0 Å². The molecule has 0 unspecified atom stereocenters. The Kier molecular flexibility index (Phi) is 5.07. The topological polar surface area (TPSA) is 94.2 Å². The Balaban J connectivity index is 1.77. The first kappa shape index (κ1) is 17.3. The highest BCUT2D eigenvalue weighted by Gasteiger charge is 2.11. The average molecular weight is 349 g/mol. The molecular weight excluding hydrogens is 330 g/mol. The van der Waals surface area contributed by atoms with Crippen LogP contribution in [0.25, 0.3) is 17.0 Å². The van der Waals surface area contributed by atoms with Crippen molar-refractivity contribution in [3.8, 4) is 5.75 Å². The molecule has 2 heterocycles. The second-order valence-corrected chi connectivity index (χ2v) is 5.73. The van der Waals surface area contributed by atoms with E-state index < -0.39 is 0 Å². The molecule has 2 N–H and O–H groups in total. The first-order valence-electron chi connectivity index (χ1n) is 8.00. The van der Waals surface area contributed by atoms with E-state index in [0.29, 0.717) is 17.9 Å². The van der Waals surface area contributed by atoms with Gasteiger partial charge in [0.2, 0.25) is 11.9 Å². The molecule has 0 bridgehead atoms. The van der Waals surface area contributed by atoms with Crippen molar-refractivity contribution in [2.24, 2.45) is 0 Å². The predicted octanol–water partition coefficient (Wildman–Crippen LogP) is 2.29. The molecule has 1 aromatic carbocycles. The van der Waals surface area contributed by atoms with Crippen LogP contribution in [0.2, 0.25) is 0 Å². The molecule has 3 aromatic rings. The lowest BCUT2D eigenvalue weighted by Gasteiger charge is -2.17. The van der Waals surface area contributed by atoms with E-state index in [4.69, 9.17) is 10.5 Å². The van der Waals surface area contributed by atoms with Crippen molar-refractivity contribution in [1.82, 2.24) is 19.9 Å². The van der Waals surface area contributed by atoms with Crippen LogP contribution >= 0.6 is 0 Å². The van der Waals surface area contributed by atoms with E-state index in [0.717, 1.165) is 16.5 Å². The minimum atomic E-state index is -0.130. The van der Waals surface area contributed by atoms with Crippen LogP contribution in [-0.4, -0.2) is 39.9 Å². The number of methoxy groups -OCH3 is 1. The molecule has 0 fully saturated rings. The summed E-state index contributed by atoms with van der Waals surface area (Å²) < 4.78 is 5.36. The number of hydrogen-bond acceptors (Lipinski definition) is 6. The van der Waals surface area contributed by atoms with Crippen molar-refractivity contribution in [3.05, 3.63) is 60.1 Å². The lowest BCUT2D eigenvalue weighted by molar-refractivity contribution is -0.125. The molecule has 26 heavy (non-hydrogen) atoms. The largest absolute Gasteiger partial charge is 0.494 e. The summed E-state index contributed by atoms with van der Waals surface area (Å²) in [5, 5.41) is 0.961. The molecule has 0 atom stereocenters. The molecule has 0 aliphatic heterocycles. The minimum Gasteiger partial charge on any atom is -0.494 e. The van der Waals surface area contributed by atoms with E-state index in [9.17, 15) is 4.79 Å². The van der Waals surface area contributed by atoms with Crippen LogP contribution in [-0.2, 0) is 11.3 Å². The molecule has 0 saturated carbocycles. The van der Waals surface area contributed by atoms with Crippen LogP contribution in [0, 0.1) is 0 Å². The van der Waals surface area contributed by atoms with E-state index in [1.165, 1.54) is 6.08 Å².